The number of methoxy groups -OCH3 is 1. The number of nitrogens with zero attached hydrogens (tertiary/aromatic N) is 2. The van der Waals surface area contributed by atoms with Crippen LogP contribution in [-0.4, -0.2) is 77.1 Å². The van der Waals surface area contributed by atoms with E-state index in [9.17, 15) is 0 Å². The molecule has 0 bridgehead atoms. The van der Waals surface area contributed by atoms with Gasteiger partial charge in [-0.2, -0.15) is 0 Å². The van der Waals surface area contributed by atoms with E-state index < -0.39 is 0 Å². The zero-order valence-electron chi connectivity index (χ0n) is 18.6. The number of hydrogen-bond acceptors (Lipinski definition) is 5. The Balaban J connectivity index is 1.47. The van der Waals surface area contributed by atoms with Crippen molar-refractivity contribution in [3.05, 3.63) is 29.8 Å². The van der Waals surface area contributed by atoms with Crippen molar-refractivity contribution in [2.75, 3.05) is 60.2 Å². The molecular formula is C23H38N4O3. The van der Waals surface area contributed by atoms with Gasteiger partial charge in [-0.3, -0.25) is 9.89 Å². The molecule has 1 unspecified atom stereocenters. The summed E-state index contributed by atoms with van der Waals surface area (Å²) in [6.07, 6.45) is 6.57. The maximum atomic E-state index is 5.94. The van der Waals surface area contributed by atoms with Gasteiger partial charge in [0.25, 0.3) is 0 Å². The van der Waals surface area contributed by atoms with Crippen molar-refractivity contribution >= 4 is 5.96 Å². The predicted octanol–water partition coefficient (Wildman–Crippen LogP) is 2.58. The molecule has 2 fully saturated rings. The van der Waals surface area contributed by atoms with Crippen molar-refractivity contribution in [1.29, 1.82) is 0 Å². The maximum absolute atomic E-state index is 5.94. The lowest BCUT2D eigenvalue weighted by Crippen LogP contribution is -2.46. The lowest BCUT2D eigenvalue weighted by atomic mass is 10.0. The van der Waals surface area contributed by atoms with Crippen LogP contribution < -0.4 is 15.4 Å². The molecule has 1 aliphatic carbocycles. The number of benzene rings is 1. The van der Waals surface area contributed by atoms with Gasteiger partial charge in [-0.15, -0.1) is 0 Å². The van der Waals surface area contributed by atoms with E-state index in [0.29, 0.717) is 6.10 Å². The molecule has 0 spiro atoms. The van der Waals surface area contributed by atoms with E-state index in [1.807, 2.05) is 19.2 Å². The summed E-state index contributed by atoms with van der Waals surface area (Å²) in [6, 6.07) is 8.61. The van der Waals surface area contributed by atoms with Crippen molar-refractivity contribution in [2.24, 2.45) is 4.99 Å². The first-order valence-electron chi connectivity index (χ1n) is 11.3. The fourth-order valence-electron chi connectivity index (χ4n) is 4.17. The summed E-state index contributed by atoms with van der Waals surface area (Å²) in [5, 5.41) is 6.93. The highest BCUT2D eigenvalue weighted by Crippen LogP contribution is 2.24. The Bertz CT molecular complexity index is 626. The van der Waals surface area contributed by atoms with E-state index in [0.717, 1.165) is 64.1 Å². The van der Waals surface area contributed by atoms with Crippen LogP contribution in [0.5, 0.6) is 5.75 Å². The van der Waals surface area contributed by atoms with Crippen LogP contribution in [0.4, 0.5) is 0 Å². The second kappa shape index (κ2) is 12.8. The Morgan fingerprint density at radius 1 is 1.17 bits per heavy atom. The summed E-state index contributed by atoms with van der Waals surface area (Å²) < 4.78 is 16.8. The Labute approximate surface area is 181 Å². The molecule has 0 amide bonds. The highest BCUT2D eigenvalue weighted by Gasteiger charge is 2.23. The van der Waals surface area contributed by atoms with Crippen molar-refractivity contribution in [3.63, 3.8) is 0 Å². The SMILES string of the molecule is CN=C(NCCCOC1CCCC1)NCC(c1ccc(OC)cc1)N1CCOCC1. The minimum atomic E-state index is 0.254. The third-order valence-electron chi connectivity index (χ3n) is 5.94. The maximum Gasteiger partial charge on any atom is 0.191 e. The van der Waals surface area contributed by atoms with Gasteiger partial charge in [0.2, 0.25) is 0 Å². The average Bonchev–Trinajstić information content (AvgIpc) is 3.32. The molecule has 1 atom stereocenters. The molecule has 1 heterocycles. The van der Waals surface area contributed by atoms with Crippen LogP contribution >= 0.6 is 0 Å². The van der Waals surface area contributed by atoms with E-state index in [2.05, 4.69) is 32.7 Å². The number of rotatable bonds is 10. The van der Waals surface area contributed by atoms with E-state index in [-0.39, 0.29) is 6.04 Å². The van der Waals surface area contributed by atoms with Crippen molar-refractivity contribution in [1.82, 2.24) is 15.5 Å². The van der Waals surface area contributed by atoms with Crippen LogP contribution in [0.15, 0.2) is 29.3 Å². The Morgan fingerprint density at radius 3 is 2.57 bits per heavy atom. The van der Waals surface area contributed by atoms with Crippen molar-refractivity contribution < 1.29 is 14.2 Å². The molecule has 7 nitrogen and oxygen atoms in total. The molecule has 30 heavy (non-hydrogen) atoms. The molecule has 2 N–H and O–H groups in total. The van der Waals surface area contributed by atoms with Crippen LogP contribution in [0.25, 0.3) is 0 Å². The third-order valence-corrected chi connectivity index (χ3v) is 5.94. The summed E-state index contributed by atoms with van der Waals surface area (Å²) in [6.45, 7) is 5.88. The second-order valence-electron chi connectivity index (χ2n) is 7.95. The first kappa shape index (κ1) is 22.8. The van der Waals surface area contributed by atoms with Gasteiger partial charge in [0.15, 0.2) is 5.96 Å². The highest BCUT2D eigenvalue weighted by atomic mass is 16.5. The topological polar surface area (TPSA) is 67.4 Å². The minimum Gasteiger partial charge on any atom is -0.497 e. The van der Waals surface area contributed by atoms with Crippen LogP contribution in [0.2, 0.25) is 0 Å². The molecule has 1 aliphatic heterocycles. The summed E-state index contributed by atoms with van der Waals surface area (Å²) in [7, 11) is 3.52. The fourth-order valence-corrected chi connectivity index (χ4v) is 4.17. The third kappa shape index (κ3) is 7.15. The zero-order chi connectivity index (χ0) is 21.0. The monoisotopic (exact) mass is 418 g/mol. The molecule has 1 aromatic rings. The zero-order valence-corrected chi connectivity index (χ0v) is 18.6. The fraction of sp³-hybridized carbons (Fsp3) is 0.696. The van der Waals surface area contributed by atoms with E-state index in [1.165, 1.54) is 31.2 Å². The first-order valence-corrected chi connectivity index (χ1v) is 11.3. The minimum absolute atomic E-state index is 0.254. The van der Waals surface area contributed by atoms with Crippen molar-refractivity contribution in [3.8, 4) is 5.75 Å². The van der Waals surface area contributed by atoms with Gasteiger partial charge in [0, 0.05) is 39.8 Å². The molecule has 1 saturated heterocycles. The number of ether oxygens (including phenoxy) is 3. The Hall–Kier alpha value is -1.83. The molecule has 168 valence electrons. The van der Waals surface area contributed by atoms with Crippen LogP contribution in [0, 0.1) is 0 Å². The van der Waals surface area contributed by atoms with Gasteiger partial charge in [-0.05, 0) is 37.0 Å². The normalized spacial score (nSPS) is 19.6. The summed E-state index contributed by atoms with van der Waals surface area (Å²) in [5.74, 6) is 1.72. The second-order valence-corrected chi connectivity index (χ2v) is 7.95. The van der Waals surface area contributed by atoms with E-state index in [1.54, 1.807) is 7.11 Å². The van der Waals surface area contributed by atoms with Crippen molar-refractivity contribution in [2.45, 2.75) is 44.2 Å². The van der Waals surface area contributed by atoms with Gasteiger partial charge >= 0.3 is 0 Å². The van der Waals surface area contributed by atoms with Gasteiger partial charge in [0.05, 0.1) is 32.5 Å². The predicted molar refractivity (Wildman–Crippen MR) is 120 cm³/mol. The number of aliphatic imine (C=N–C) groups is 1. The molecular weight excluding hydrogens is 380 g/mol. The van der Waals surface area contributed by atoms with E-state index >= 15 is 0 Å². The van der Waals surface area contributed by atoms with Gasteiger partial charge in [-0.1, -0.05) is 25.0 Å². The average molecular weight is 419 g/mol. The molecule has 1 aromatic carbocycles. The molecule has 3 rings (SSSR count). The molecule has 2 aliphatic rings. The van der Waals surface area contributed by atoms with Gasteiger partial charge in [0.1, 0.15) is 5.75 Å². The number of nitrogens with one attached hydrogen (secondary N) is 2. The van der Waals surface area contributed by atoms with Gasteiger partial charge in [-0.25, -0.2) is 0 Å². The highest BCUT2D eigenvalue weighted by molar-refractivity contribution is 5.79. The summed E-state index contributed by atoms with van der Waals surface area (Å²) in [5.41, 5.74) is 1.27. The number of guanidine groups is 1. The lowest BCUT2D eigenvalue weighted by molar-refractivity contribution is 0.0170. The number of morpholine rings is 1. The van der Waals surface area contributed by atoms with Crippen LogP contribution in [0.3, 0.4) is 0 Å². The standard InChI is InChI=1S/C23H38N4O3/c1-24-23(25-12-5-15-30-21-6-3-4-7-21)26-18-22(27-13-16-29-17-14-27)19-8-10-20(28-2)11-9-19/h8-11,21-22H,3-7,12-18H2,1-2H3,(H2,24,25,26). The molecule has 7 heteroatoms. The van der Waals surface area contributed by atoms with Crippen LogP contribution in [0.1, 0.15) is 43.7 Å². The summed E-state index contributed by atoms with van der Waals surface area (Å²) in [4.78, 5) is 6.86. The quantitative estimate of drug-likeness (QED) is 0.346. The largest absolute Gasteiger partial charge is 0.497 e. The Kier molecular flexibility index (Phi) is 9.73. The molecule has 0 radical (unpaired) electrons. The summed E-state index contributed by atoms with van der Waals surface area (Å²) >= 11 is 0. The Morgan fingerprint density at radius 2 is 1.90 bits per heavy atom. The van der Waals surface area contributed by atoms with E-state index in [4.69, 9.17) is 14.2 Å². The first-order chi connectivity index (χ1) is 14.8. The molecule has 1 saturated carbocycles. The van der Waals surface area contributed by atoms with Gasteiger partial charge < -0.3 is 24.8 Å². The lowest BCUT2D eigenvalue weighted by Gasteiger charge is -2.35. The molecule has 0 aromatic heterocycles. The van der Waals surface area contributed by atoms with Crippen LogP contribution in [-0.2, 0) is 9.47 Å². The number of hydrogen-bond donors (Lipinski definition) is 2. The smallest absolute Gasteiger partial charge is 0.191 e.